The highest BCUT2D eigenvalue weighted by Gasteiger charge is 2.35. The molecule has 7 heteroatoms. The molecule has 0 aliphatic rings. The molecule has 0 saturated carbocycles. The number of nitrogens with zero attached hydrogens (tertiary/aromatic N) is 1. The summed E-state index contributed by atoms with van der Waals surface area (Å²) in [5.74, 6) is -0.501. The van der Waals surface area contributed by atoms with E-state index >= 15 is 0 Å². The fraction of sp³-hybridized carbons (Fsp3) is 0.900. The number of nitrogens with one attached hydrogen (secondary N) is 1. The van der Waals surface area contributed by atoms with Crippen LogP contribution in [0.3, 0.4) is 0 Å². The lowest BCUT2D eigenvalue weighted by Crippen LogP contribution is -2.55. The standard InChI is InChI=1S/C10H19F3N2O2/c1-9(14-2,8(16)17-4)7-15(3)6-5-10(11,12)13/h14H,5-7H2,1-4H3. The molecule has 0 aromatic carbocycles. The summed E-state index contributed by atoms with van der Waals surface area (Å²) in [6.07, 6.45) is -5.08. The highest BCUT2D eigenvalue weighted by Crippen LogP contribution is 2.20. The molecule has 0 radical (unpaired) electrons. The van der Waals surface area contributed by atoms with Crippen molar-refractivity contribution in [3.8, 4) is 0 Å². The normalized spacial score (nSPS) is 15.8. The number of ether oxygens (including phenoxy) is 1. The Balaban J connectivity index is 4.33. The lowest BCUT2D eigenvalue weighted by molar-refractivity contribution is -0.149. The molecule has 0 aromatic heterocycles. The summed E-state index contributed by atoms with van der Waals surface area (Å²) in [6.45, 7) is 1.58. The van der Waals surface area contributed by atoms with Gasteiger partial charge in [0.05, 0.1) is 13.5 Å². The minimum atomic E-state index is -4.18. The average molecular weight is 256 g/mol. The minimum absolute atomic E-state index is 0.145. The van der Waals surface area contributed by atoms with Crippen LogP contribution in [0.4, 0.5) is 13.2 Å². The molecule has 1 atom stereocenters. The van der Waals surface area contributed by atoms with Gasteiger partial charge in [0.25, 0.3) is 0 Å². The molecule has 0 heterocycles. The van der Waals surface area contributed by atoms with Crippen LogP contribution in [0.5, 0.6) is 0 Å². The average Bonchev–Trinajstić information content (AvgIpc) is 2.24. The van der Waals surface area contributed by atoms with E-state index in [-0.39, 0.29) is 13.1 Å². The predicted octanol–water partition coefficient (Wildman–Crippen LogP) is 1.02. The van der Waals surface area contributed by atoms with Gasteiger partial charge in [-0.05, 0) is 21.0 Å². The van der Waals surface area contributed by atoms with Crippen molar-refractivity contribution < 1.29 is 22.7 Å². The Morgan fingerprint density at radius 2 is 1.94 bits per heavy atom. The predicted molar refractivity (Wildman–Crippen MR) is 57.6 cm³/mol. The Kier molecular flexibility index (Phi) is 5.91. The number of methoxy groups -OCH3 is 1. The monoisotopic (exact) mass is 256 g/mol. The number of hydrogen-bond donors (Lipinski definition) is 1. The van der Waals surface area contributed by atoms with Gasteiger partial charge in [0.1, 0.15) is 5.54 Å². The maximum atomic E-state index is 12.0. The van der Waals surface area contributed by atoms with Gasteiger partial charge in [-0.15, -0.1) is 0 Å². The third-order valence-corrected chi connectivity index (χ3v) is 2.55. The van der Waals surface area contributed by atoms with Gasteiger partial charge >= 0.3 is 12.1 Å². The Hall–Kier alpha value is -0.820. The molecule has 0 bridgehead atoms. The molecule has 0 aliphatic carbocycles. The van der Waals surface area contributed by atoms with Crippen molar-refractivity contribution in [3.63, 3.8) is 0 Å². The zero-order chi connectivity index (χ0) is 13.7. The van der Waals surface area contributed by atoms with Crippen molar-refractivity contribution in [2.75, 3.05) is 34.3 Å². The summed E-state index contributed by atoms with van der Waals surface area (Å²) in [6, 6.07) is 0. The van der Waals surface area contributed by atoms with Crippen LogP contribution in [0.25, 0.3) is 0 Å². The van der Waals surface area contributed by atoms with Crippen LogP contribution in [0.15, 0.2) is 0 Å². The van der Waals surface area contributed by atoms with Crippen LogP contribution in [-0.2, 0) is 9.53 Å². The topological polar surface area (TPSA) is 41.6 Å². The van der Waals surface area contributed by atoms with Gasteiger partial charge in [0, 0.05) is 13.1 Å². The Morgan fingerprint density at radius 3 is 2.29 bits per heavy atom. The summed E-state index contributed by atoms with van der Waals surface area (Å²) >= 11 is 0. The zero-order valence-corrected chi connectivity index (χ0v) is 10.5. The second-order valence-electron chi connectivity index (χ2n) is 4.18. The Morgan fingerprint density at radius 1 is 1.41 bits per heavy atom. The summed E-state index contributed by atoms with van der Waals surface area (Å²) < 4.78 is 40.7. The van der Waals surface area contributed by atoms with Crippen molar-refractivity contribution in [2.45, 2.75) is 25.1 Å². The second-order valence-corrected chi connectivity index (χ2v) is 4.18. The largest absolute Gasteiger partial charge is 0.468 e. The highest BCUT2D eigenvalue weighted by molar-refractivity contribution is 5.80. The molecule has 1 N–H and O–H groups in total. The molecule has 4 nitrogen and oxygen atoms in total. The van der Waals surface area contributed by atoms with Crippen LogP contribution in [-0.4, -0.2) is 56.9 Å². The van der Waals surface area contributed by atoms with E-state index in [9.17, 15) is 18.0 Å². The van der Waals surface area contributed by atoms with E-state index in [0.29, 0.717) is 0 Å². The van der Waals surface area contributed by atoms with E-state index < -0.39 is 24.1 Å². The Bertz CT molecular complexity index is 258. The summed E-state index contributed by atoms with van der Waals surface area (Å²) in [5, 5.41) is 2.76. The van der Waals surface area contributed by atoms with E-state index in [2.05, 4.69) is 10.1 Å². The van der Waals surface area contributed by atoms with Gasteiger partial charge in [0.2, 0.25) is 0 Å². The molecule has 0 rings (SSSR count). The van der Waals surface area contributed by atoms with E-state index in [0.717, 1.165) is 0 Å². The quantitative estimate of drug-likeness (QED) is 0.720. The van der Waals surface area contributed by atoms with Crippen LogP contribution in [0.2, 0.25) is 0 Å². The number of hydrogen-bond acceptors (Lipinski definition) is 4. The van der Waals surface area contributed by atoms with Crippen molar-refractivity contribution in [3.05, 3.63) is 0 Å². The van der Waals surface area contributed by atoms with E-state index in [1.54, 1.807) is 14.0 Å². The van der Waals surface area contributed by atoms with Gasteiger partial charge in [-0.1, -0.05) is 0 Å². The van der Waals surface area contributed by atoms with E-state index in [4.69, 9.17) is 0 Å². The third-order valence-electron chi connectivity index (χ3n) is 2.55. The van der Waals surface area contributed by atoms with Crippen molar-refractivity contribution in [2.24, 2.45) is 0 Å². The number of esters is 1. The van der Waals surface area contributed by atoms with Crippen LogP contribution >= 0.6 is 0 Å². The van der Waals surface area contributed by atoms with Crippen LogP contribution in [0.1, 0.15) is 13.3 Å². The highest BCUT2D eigenvalue weighted by atomic mass is 19.4. The van der Waals surface area contributed by atoms with Gasteiger partial charge in [0.15, 0.2) is 0 Å². The summed E-state index contributed by atoms with van der Waals surface area (Å²) in [7, 11) is 4.34. The second kappa shape index (κ2) is 6.20. The van der Waals surface area contributed by atoms with E-state index in [1.165, 1.54) is 19.1 Å². The van der Waals surface area contributed by atoms with Gasteiger partial charge in [-0.3, -0.25) is 4.79 Å². The molecule has 102 valence electrons. The van der Waals surface area contributed by atoms with Gasteiger partial charge in [-0.25, -0.2) is 0 Å². The third kappa shape index (κ3) is 5.88. The van der Waals surface area contributed by atoms with Crippen LogP contribution in [0, 0.1) is 0 Å². The first-order valence-corrected chi connectivity index (χ1v) is 5.17. The van der Waals surface area contributed by atoms with E-state index in [1.807, 2.05) is 0 Å². The molecule has 0 amide bonds. The number of halogens is 3. The number of likely N-dealkylation sites (N-methyl/N-ethyl adjacent to an activating group) is 2. The maximum absolute atomic E-state index is 12.0. The lowest BCUT2D eigenvalue weighted by atomic mass is 10.0. The number of rotatable bonds is 6. The molecule has 1 unspecified atom stereocenters. The molecule has 0 aromatic rings. The number of carbonyl (C=O) groups excluding carboxylic acids is 1. The fourth-order valence-electron chi connectivity index (χ4n) is 1.41. The molecular formula is C10H19F3N2O2. The smallest absolute Gasteiger partial charge is 0.390 e. The lowest BCUT2D eigenvalue weighted by Gasteiger charge is -2.31. The summed E-state index contributed by atoms with van der Waals surface area (Å²) in [5.41, 5.74) is -1.00. The van der Waals surface area contributed by atoms with Crippen molar-refractivity contribution in [1.82, 2.24) is 10.2 Å². The molecule has 0 saturated heterocycles. The molecule has 0 aliphatic heterocycles. The number of alkyl halides is 3. The van der Waals surface area contributed by atoms with Crippen LogP contribution < -0.4 is 5.32 Å². The molecule has 17 heavy (non-hydrogen) atoms. The van der Waals surface area contributed by atoms with Crippen molar-refractivity contribution >= 4 is 5.97 Å². The van der Waals surface area contributed by atoms with Gasteiger partial charge < -0.3 is 15.0 Å². The van der Waals surface area contributed by atoms with Crippen molar-refractivity contribution in [1.29, 1.82) is 0 Å². The summed E-state index contributed by atoms with van der Waals surface area (Å²) in [4.78, 5) is 12.9. The first-order valence-electron chi connectivity index (χ1n) is 5.17. The molecule has 0 fully saturated rings. The molecular weight excluding hydrogens is 237 g/mol. The number of carbonyl (C=O) groups is 1. The minimum Gasteiger partial charge on any atom is -0.468 e. The maximum Gasteiger partial charge on any atom is 0.390 e. The molecule has 0 spiro atoms. The first kappa shape index (κ1) is 16.2. The zero-order valence-electron chi connectivity index (χ0n) is 10.5. The first-order chi connectivity index (χ1) is 7.64. The van der Waals surface area contributed by atoms with Gasteiger partial charge in [-0.2, -0.15) is 13.2 Å². The fourth-order valence-corrected chi connectivity index (χ4v) is 1.41. The SMILES string of the molecule is CNC(C)(CN(C)CCC(F)(F)F)C(=O)OC. The Labute approximate surface area is 99.1 Å².